The molecule has 0 atom stereocenters. The smallest absolute Gasteiger partial charge is 0.206 e. The number of nitrogens with one attached hydrogen (secondary N) is 1. The highest BCUT2D eigenvalue weighted by Gasteiger charge is 2.15. The van der Waals surface area contributed by atoms with Crippen LogP contribution in [0.15, 0.2) is 22.5 Å². The zero-order valence-electron chi connectivity index (χ0n) is 11.9. The number of thioether (sulfide) groups is 1. The highest BCUT2D eigenvalue weighted by molar-refractivity contribution is 8.01. The molecule has 0 aliphatic rings. The normalized spacial score (nSPS) is 10.2. The molecule has 21 heavy (non-hydrogen) atoms. The average Bonchev–Trinajstić information content (AvgIpc) is 3.00. The lowest BCUT2D eigenvalue weighted by atomic mass is 10.1. The van der Waals surface area contributed by atoms with E-state index in [0.717, 1.165) is 9.47 Å². The predicted octanol–water partition coefficient (Wildman–Crippen LogP) is 2.57. The molecule has 1 heterocycles. The monoisotopic (exact) mass is 325 g/mol. The molecule has 2 rings (SSSR count). The standard InChI is InChI=1S/C13H15N3O3S2/c1-14-12-15-16-13(21-12)20-7-10(17)9-5-4-8(18-2)6-11(9)19-3/h4-6H,7H2,1-3H3,(H,14,15). The van der Waals surface area contributed by atoms with Gasteiger partial charge in [0.25, 0.3) is 0 Å². The highest BCUT2D eigenvalue weighted by Crippen LogP contribution is 2.29. The van der Waals surface area contributed by atoms with Gasteiger partial charge in [0.05, 0.1) is 25.5 Å². The van der Waals surface area contributed by atoms with Crippen molar-refractivity contribution < 1.29 is 14.3 Å². The minimum absolute atomic E-state index is 0.0271. The second kappa shape index (κ2) is 7.28. The molecule has 0 saturated heterocycles. The maximum atomic E-state index is 12.3. The van der Waals surface area contributed by atoms with Gasteiger partial charge in [-0.05, 0) is 12.1 Å². The van der Waals surface area contributed by atoms with Crippen LogP contribution in [0.2, 0.25) is 0 Å². The molecular weight excluding hydrogens is 310 g/mol. The summed E-state index contributed by atoms with van der Waals surface area (Å²) >= 11 is 2.77. The Morgan fingerprint density at radius 2 is 2.14 bits per heavy atom. The molecule has 0 radical (unpaired) electrons. The van der Waals surface area contributed by atoms with Crippen LogP contribution in [0.1, 0.15) is 10.4 Å². The number of ketones is 1. The number of carbonyl (C=O) groups excluding carboxylic acids is 1. The number of methoxy groups -OCH3 is 2. The largest absolute Gasteiger partial charge is 0.497 e. The third kappa shape index (κ3) is 3.85. The van der Waals surface area contributed by atoms with Gasteiger partial charge in [-0.25, -0.2) is 0 Å². The summed E-state index contributed by atoms with van der Waals surface area (Å²) in [5, 5.41) is 11.6. The van der Waals surface area contributed by atoms with Gasteiger partial charge < -0.3 is 14.8 Å². The third-order valence-corrected chi connectivity index (χ3v) is 4.73. The molecule has 6 nitrogen and oxygen atoms in total. The summed E-state index contributed by atoms with van der Waals surface area (Å²) in [6.07, 6.45) is 0. The van der Waals surface area contributed by atoms with Crippen molar-refractivity contribution in [2.75, 3.05) is 32.3 Å². The number of Topliss-reactive ketones (excluding diaryl/α,β-unsaturated/α-hetero) is 1. The van der Waals surface area contributed by atoms with Gasteiger partial charge in [0, 0.05) is 13.1 Å². The number of carbonyl (C=O) groups is 1. The predicted molar refractivity (Wildman–Crippen MR) is 84.1 cm³/mol. The lowest BCUT2D eigenvalue weighted by Gasteiger charge is -2.09. The van der Waals surface area contributed by atoms with E-state index >= 15 is 0 Å². The number of aromatic nitrogens is 2. The topological polar surface area (TPSA) is 73.3 Å². The number of ether oxygens (including phenoxy) is 2. The molecule has 8 heteroatoms. The summed E-state index contributed by atoms with van der Waals surface area (Å²) < 4.78 is 11.1. The Hall–Kier alpha value is -1.80. The number of anilines is 1. The fraction of sp³-hybridized carbons (Fsp3) is 0.308. The second-order valence-electron chi connectivity index (χ2n) is 3.90. The minimum Gasteiger partial charge on any atom is -0.497 e. The van der Waals surface area contributed by atoms with Crippen LogP contribution in [-0.2, 0) is 0 Å². The van der Waals surface area contributed by atoms with E-state index in [9.17, 15) is 4.79 Å². The first kappa shape index (κ1) is 15.6. The van der Waals surface area contributed by atoms with Crippen LogP contribution in [0.4, 0.5) is 5.13 Å². The molecule has 1 N–H and O–H groups in total. The van der Waals surface area contributed by atoms with Crippen molar-refractivity contribution >= 4 is 34.0 Å². The zero-order valence-corrected chi connectivity index (χ0v) is 13.5. The third-order valence-electron chi connectivity index (χ3n) is 2.66. The molecule has 112 valence electrons. The molecule has 0 saturated carbocycles. The van der Waals surface area contributed by atoms with E-state index in [4.69, 9.17) is 9.47 Å². The molecule has 0 unspecified atom stereocenters. The molecule has 0 aliphatic heterocycles. The Kier molecular flexibility index (Phi) is 5.40. The van der Waals surface area contributed by atoms with Gasteiger partial charge in [-0.2, -0.15) is 0 Å². The maximum absolute atomic E-state index is 12.3. The molecule has 0 bridgehead atoms. The fourth-order valence-electron chi connectivity index (χ4n) is 1.60. The summed E-state index contributed by atoms with van der Waals surface area (Å²) in [4.78, 5) is 12.3. The van der Waals surface area contributed by atoms with Crippen LogP contribution >= 0.6 is 23.1 Å². The Morgan fingerprint density at radius 1 is 1.33 bits per heavy atom. The van der Waals surface area contributed by atoms with Crippen LogP contribution < -0.4 is 14.8 Å². The lowest BCUT2D eigenvalue weighted by Crippen LogP contribution is -2.05. The van der Waals surface area contributed by atoms with Gasteiger partial charge in [-0.1, -0.05) is 23.1 Å². The quantitative estimate of drug-likeness (QED) is 0.619. The first-order valence-corrected chi connectivity index (χ1v) is 7.87. The summed E-state index contributed by atoms with van der Waals surface area (Å²) in [5.74, 6) is 1.41. The number of hydrogen-bond donors (Lipinski definition) is 1. The van der Waals surface area contributed by atoms with Crippen LogP contribution in [0.25, 0.3) is 0 Å². The SMILES string of the molecule is CNc1nnc(SCC(=O)c2ccc(OC)cc2OC)s1. The van der Waals surface area contributed by atoms with E-state index in [2.05, 4.69) is 15.5 Å². The zero-order chi connectivity index (χ0) is 15.2. The lowest BCUT2D eigenvalue weighted by molar-refractivity contribution is 0.101. The van der Waals surface area contributed by atoms with Crippen molar-refractivity contribution in [1.29, 1.82) is 0 Å². The number of hydrogen-bond acceptors (Lipinski definition) is 8. The van der Waals surface area contributed by atoms with Crippen molar-refractivity contribution in [2.45, 2.75) is 4.34 Å². The van der Waals surface area contributed by atoms with E-state index < -0.39 is 0 Å². The summed E-state index contributed by atoms with van der Waals surface area (Å²) in [6.45, 7) is 0. The maximum Gasteiger partial charge on any atom is 0.206 e. The Labute approximate surface area is 130 Å². The Morgan fingerprint density at radius 3 is 2.76 bits per heavy atom. The number of rotatable bonds is 7. The molecule has 1 aromatic heterocycles. The van der Waals surface area contributed by atoms with E-state index in [-0.39, 0.29) is 11.5 Å². The minimum atomic E-state index is -0.0271. The van der Waals surface area contributed by atoms with Gasteiger partial charge in [0.2, 0.25) is 5.13 Å². The van der Waals surface area contributed by atoms with Crippen molar-refractivity contribution in [3.8, 4) is 11.5 Å². The molecule has 0 spiro atoms. The van der Waals surface area contributed by atoms with Gasteiger partial charge >= 0.3 is 0 Å². The van der Waals surface area contributed by atoms with Crippen molar-refractivity contribution in [3.63, 3.8) is 0 Å². The van der Waals surface area contributed by atoms with E-state index in [0.29, 0.717) is 17.1 Å². The molecule has 0 fully saturated rings. The van der Waals surface area contributed by atoms with Gasteiger partial charge in [0.15, 0.2) is 10.1 Å². The van der Waals surface area contributed by atoms with Gasteiger partial charge in [-0.15, -0.1) is 10.2 Å². The summed E-state index contributed by atoms with van der Waals surface area (Å²) in [5.41, 5.74) is 0.532. The van der Waals surface area contributed by atoms with Crippen LogP contribution in [0, 0.1) is 0 Å². The number of nitrogens with zero attached hydrogens (tertiary/aromatic N) is 2. The first-order chi connectivity index (χ1) is 10.2. The van der Waals surface area contributed by atoms with Crippen molar-refractivity contribution in [2.24, 2.45) is 0 Å². The van der Waals surface area contributed by atoms with Gasteiger partial charge in [0.1, 0.15) is 11.5 Å². The van der Waals surface area contributed by atoms with E-state index in [1.54, 1.807) is 32.4 Å². The number of benzene rings is 1. The Balaban J connectivity index is 2.06. The summed E-state index contributed by atoms with van der Waals surface area (Å²) in [6, 6.07) is 5.14. The molecule has 0 aliphatic carbocycles. The molecular formula is C13H15N3O3S2. The molecule has 1 aromatic carbocycles. The summed E-state index contributed by atoms with van der Waals surface area (Å²) in [7, 11) is 4.88. The molecule has 0 amide bonds. The molecule has 2 aromatic rings. The van der Waals surface area contributed by atoms with Crippen LogP contribution in [0.5, 0.6) is 11.5 Å². The first-order valence-electron chi connectivity index (χ1n) is 6.07. The highest BCUT2D eigenvalue weighted by atomic mass is 32.2. The van der Waals surface area contributed by atoms with Gasteiger partial charge in [-0.3, -0.25) is 4.79 Å². The van der Waals surface area contributed by atoms with Crippen LogP contribution in [0.3, 0.4) is 0 Å². The second-order valence-corrected chi connectivity index (χ2v) is 6.10. The van der Waals surface area contributed by atoms with Crippen LogP contribution in [-0.4, -0.2) is 43.0 Å². The Bertz CT molecular complexity index is 631. The van der Waals surface area contributed by atoms with E-state index in [1.807, 2.05) is 0 Å². The van der Waals surface area contributed by atoms with Crippen molar-refractivity contribution in [3.05, 3.63) is 23.8 Å². The van der Waals surface area contributed by atoms with Crippen molar-refractivity contribution in [1.82, 2.24) is 10.2 Å². The average molecular weight is 325 g/mol. The fourth-order valence-corrected chi connectivity index (χ4v) is 3.19. The van der Waals surface area contributed by atoms with E-state index in [1.165, 1.54) is 30.2 Å².